The van der Waals surface area contributed by atoms with E-state index in [9.17, 15) is 4.79 Å². The monoisotopic (exact) mass is 402 g/mol. The van der Waals surface area contributed by atoms with E-state index in [-0.39, 0.29) is 5.91 Å². The Morgan fingerprint density at radius 3 is 2.45 bits per heavy atom. The molecule has 4 aromatic rings. The molecule has 2 aromatic carbocycles. The first-order chi connectivity index (χ1) is 14.2. The van der Waals surface area contributed by atoms with Gasteiger partial charge in [-0.15, -0.1) is 11.3 Å². The molecule has 0 saturated heterocycles. The molecule has 0 aliphatic heterocycles. The quantitative estimate of drug-likeness (QED) is 0.390. The molecule has 0 bridgehead atoms. The second kappa shape index (κ2) is 8.45. The Hall–Kier alpha value is -3.18. The zero-order valence-electron chi connectivity index (χ0n) is 16.5. The van der Waals surface area contributed by atoms with Crippen molar-refractivity contribution < 1.29 is 9.21 Å². The molecule has 0 aliphatic carbocycles. The van der Waals surface area contributed by atoms with Crippen LogP contribution in [0.3, 0.4) is 0 Å². The van der Waals surface area contributed by atoms with Crippen LogP contribution in [-0.4, -0.2) is 10.9 Å². The normalized spacial score (nSPS) is 10.8. The number of benzene rings is 2. The Morgan fingerprint density at radius 1 is 1.03 bits per heavy atom. The van der Waals surface area contributed by atoms with Gasteiger partial charge in [0.1, 0.15) is 11.5 Å². The number of carbonyl (C=O) groups is 1. The summed E-state index contributed by atoms with van der Waals surface area (Å²) in [4.78, 5) is 20.9. The number of nitrogens with zero attached hydrogens (tertiary/aromatic N) is 2. The van der Waals surface area contributed by atoms with Crippen LogP contribution in [0.25, 0.3) is 10.4 Å². The molecule has 0 saturated carbocycles. The summed E-state index contributed by atoms with van der Waals surface area (Å²) in [5, 5.41) is 0.867. The molecule has 2 aromatic heterocycles. The molecule has 0 fully saturated rings. The average Bonchev–Trinajstić information content (AvgIpc) is 3.42. The van der Waals surface area contributed by atoms with Crippen molar-refractivity contribution in [1.29, 1.82) is 0 Å². The van der Waals surface area contributed by atoms with E-state index in [1.807, 2.05) is 61.5 Å². The van der Waals surface area contributed by atoms with Gasteiger partial charge in [0.25, 0.3) is 5.91 Å². The summed E-state index contributed by atoms with van der Waals surface area (Å²) in [6.07, 6.45) is 2.58. The SMILES string of the molecule is CCc1ccc(N(Cc2ccco2)C(=O)c2nc(C)sc2-c2ccccc2)cc1. The van der Waals surface area contributed by atoms with E-state index in [4.69, 9.17) is 4.42 Å². The zero-order chi connectivity index (χ0) is 20.2. The second-order valence-corrected chi connectivity index (χ2v) is 7.97. The molecule has 4 nitrogen and oxygen atoms in total. The fraction of sp³-hybridized carbons (Fsp3) is 0.167. The number of amides is 1. The highest BCUT2D eigenvalue weighted by Gasteiger charge is 2.25. The second-order valence-electron chi connectivity index (χ2n) is 6.77. The largest absolute Gasteiger partial charge is 0.467 e. The number of aryl methyl sites for hydroxylation is 2. The molecule has 0 spiro atoms. The Labute approximate surface area is 174 Å². The highest BCUT2D eigenvalue weighted by atomic mass is 32.1. The minimum absolute atomic E-state index is 0.131. The van der Waals surface area contributed by atoms with Crippen molar-refractivity contribution in [3.05, 3.63) is 95.0 Å². The molecular weight excluding hydrogens is 380 g/mol. The van der Waals surface area contributed by atoms with Crippen molar-refractivity contribution >= 4 is 22.9 Å². The van der Waals surface area contributed by atoms with Gasteiger partial charge in [0, 0.05) is 5.69 Å². The van der Waals surface area contributed by atoms with Crippen LogP contribution >= 0.6 is 11.3 Å². The molecule has 2 heterocycles. The van der Waals surface area contributed by atoms with Crippen molar-refractivity contribution in [2.24, 2.45) is 0 Å². The van der Waals surface area contributed by atoms with Crippen molar-refractivity contribution in [2.75, 3.05) is 4.90 Å². The van der Waals surface area contributed by atoms with Crippen LogP contribution in [0.4, 0.5) is 5.69 Å². The number of thiazole rings is 1. The van der Waals surface area contributed by atoms with Gasteiger partial charge in [0.05, 0.1) is 22.7 Å². The number of hydrogen-bond donors (Lipinski definition) is 0. The number of aromatic nitrogens is 1. The Kier molecular flexibility index (Phi) is 5.58. The molecule has 1 amide bonds. The molecule has 146 valence electrons. The molecule has 4 rings (SSSR count). The van der Waals surface area contributed by atoms with Gasteiger partial charge >= 0.3 is 0 Å². The lowest BCUT2D eigenvalue weighted by atomic mass is 10.1. The summed E-state index contributed by atoms with van der Waals surface area (Å²) < 4.78 is 5.52. The lowest BCUT2D eigenvalue weighted by Crippen LogP contribution is -2.31. The van der Waals surface area contributed by atoms with Gasteiger partial charge in [0.2, 0.25) is 0 Å². The van der Waals surface area contributed by atoms with E-state index in [2.05, 4.69) is 24.0 Å². The predicted molar refractivity (Wildman–Crippen MR) is 117 cm³/mol. The fourth-order valence-corrected chi connectivity index (χ4v) is 4.15. The van der Waals surface area contributed by atoms with Gasteiger partial charge < -0.3 is 4.42 Å². The van der Waals surface area contributed by atoms with Crippen molar-refractivity contribution in [3.63, 3.8) is 0 Å². The van der Waals surface area contributed by atoms with E-state index in [1.54, 1.807) is 22.5 Å². The standard InChI is InChI=1S/C24H22N2O2S/c1-3-18-11-13-20(14-12-18)26(16-21-10-7-15-28-21)24(27)22-23(29-17(2)25-22)19-8-5-4-6-9-19/h4-15H,3,16H2,1-2H3. The molecule has 29 heavy (non-hydrogen) atoms. The molecule has 5 heteroatoms. The van der Waals surface area contributed by atoms with Gasteiger partial charge in [-0.25, -0.2) is 4.98 Å². The topological polar surface area (TPSA) is 46.3 Å². The number of anilines is 1. The third kappa shape index (κ3) is 4.15. The van der Waals surface area contributed by atoms with Gasteiger partial charge in [-0.3, -0.25) is 9.69 Å². The Morgan fingerprint density at radius 2 is 1.79 bits per heavy atom. The van der Waals surface area contributed by atoms with Gasteiger partial charge in [-0.2, -0.15) is 0 Å². The van der Waals surface area contributed by atoms with Crippen LogP contribution < -0.4 is 4.90 Å². The number of rotatable bonds is 6. The zero-order valence-corrected chi connectivity index (χ0v) is 17.3. The van der Waals surface area contributed by atoms with Crippen LogP contribution in [0.1, 0.15) is 33.7 Å². The van der Waals surface area contributed by atoms with E-state index in [1.165, 1.54) is 5.56 Å². The summed E-state index contributed by atoms with van der Waals surface area (Å²) in [6, 6.07) is 21.7. The Bertz CT molecular complexity index is 1080. The van der Waals surface area contributed by atoms with E-state index in [0.29, 0.717) is 12.2 Å². The van der Waals surface area contributed by atoms with Gasteiger partial charge in [-0.05, 0) is 48.7 Å². The highest BCUT2D eigenvalue weighted by molar-refractivity contribution is 7.15. The molecular formula is C24H22N2O2S. The van der Waals surface area contributed by atoms with Crippen LogP contribution in [0.5, 0.6) is 0 Å². The predicted octanol–water partition coefficient (Wildman–Crippen LogP) is 6.12. The summed E-state index contributed by atoms with van der Waals surface area (Å²) in [6.45, 7) is 4.40. The molecule has 0 atom stereocenters. The summed E-state index contributed by atoms with van der Waals surface area (Å²) >= 11 is 1.54. The van der Waals surface area contributed by atoms with Crippen LogP contribution in [-0.2, 0) is 13.0 Å². The fourth-order valence-electron chi connectivity index (χ4n) is 3.24. The first-order valence-electron chi connectivity index (χ1n) is 9.61. The average molecular weight is 403 g/mol. The summed E-state index contributed by atoms with van der Waals surface area (Å²) in [5.41, 5.74) is 3.53. The minimum Gasteiger partial charge on any atom is -0.467 e. The van der Waals surface area contributed by atoms with E-state index >= 15 is 0 Å². The molecule has 0 aliphatic rings. The number of furan rings is 1. The number of hydrogen-bond acceptors (Lipinski definition) is 4. The summed E-state index contributed by atoms with van der Waals surface area (Å²) in [5.74, 6) is 0.597. The summed E-state index contributed by atoms with van der Waals surface area (Å²) in [7, 11) is 0. The van der Waals surface area contributed by atoms with E-state index in [0.717, 1.165) is 33.3 Å². The molecule has 0 unspecified atom stereocenters. The lowest BCUT2D eigenvalue weighted by Gasteiger charge is -2.22. The maximum absolute atomic E-state index is 13.7. The highest BCUT2D eigenvalue weighted by Crippen LogP contribution is 2.32. The van der Waals surface area contributed by atoms with Crippen LogP contribution in [0, 0.1) is 6.92 Å². The molecule has 0 N–H and O–H groups in total. The first-order valence-corrected chi connectivity index (χ1v) is 10.4. The number of carbonyl (C=O) groups excluding carboxylic acids is 1. The van der Waals surface area contributed by atoms with E-state index < -0.39 is 0 Å². The maximum atomic E-state index is 13.7. The maximum Gasteiger partial charge on any atom is 0.278 e. The van der Waals surface area contributed by atoms with Crippen molar-refractivity contribution in [2.45, 2.75) is 26.8 Å². The van der Waals surface area contributed by atoms with Gasteiger partial charge in [0.15, 0.2) is 0 Å². The third-order valence-corrected chi connectivity index (χ3v) is 5.79. The van der Waals surface area contributed by atoms with Crippen molar-refractivity contribution in [3.8, 4) is 10.4 Å². The van der Waals surface area contributed by atoms with Crippen molar-refractivity contribution in [1.82, 2.24) is 4.98 Å². The van der Waals surface area contributed by atoms with Gasteiger partial charge in [-0.1, -0.05) is 49.4 Å². The van der Waals surface area contributed by atoms with Crippen LogP contribution in [0.2, 0.25) is 0 Å². The third-order valence-electron chi connectivity index (χ3n) is 4.77. The lowest BCUT2D eigenvalue weighted by molar-refractivity contribution is 0.0979. The Balaban J connectivity index is 1.75. The first kappa shape index (κ1) is 19.2. The molecule has 0 radical (unpaired) electrons. The smallest absolute Gasteiger partial charge is 0.278 e. The minimum atomic E-state index is -0.131. The van der Waals surface area contributed by atoms with Crippen LogP contribution in [0.15, 0.2) is 77.4 Å².